The van der Waals surface area contributed by atoms with Crippen molar-refractivity contribution in [3.8, 4) is 17.2 Å². The third kappa shape index (κ3) is 3.12. The van der Waals surface area contributed by atoms with Gasteiger partial charge in [-0.15, -0.1) is 0 Å². The summed E-state index contributed by atoms with van der Waals surface area (Å²) in [6, 6.07) is 18.7. The molecule has 0 bridgehead atoms. The first-order valence-corrected chi connectivity index (χ1v) is 8.24. The summed E-state index contributed by atoms with van der Waals surface area (Å²) in [5.41, 5.74) is 2.73. The van der Waals surface area contributed by atoms with E-state index < -0.39 is 0 Å². The van der Waals surface area contributed by atoms with Crippen molar-refractivity contribution in [1.29, 1.82) is 0 Å². The second-order valence-corrected chi connectivity index (χ2v) is 6.12. The standard InChI is InChI=1S/C20H13ClN2O3/c21-13-7-5-12(6-8-13)19(25)22-14-9-10-15(17(24)11-14)20-23-16-3-1-2-4-18(16)26-20/h1-11,24H,(H,22,25). The number of aromatic nitrogens is 1. The molecule has 0 radical (unpaired) electrons. The predicted molar refractivity (Wildman–Crippen MR) is 101 cm³/mol. The van der Waals surface area contributed by atoms with Gasteiger partial charge in [0.15, 0.2) is 5.58 Å². The number of hydrogen-bond acceptors (Lipinski definition) is 4. The maximum Gasteiger partial charge on any atom is 0.255 e. The van der Waals surface area contributed by atoms with Gasteiger partial charge in [0.05, 0.1) is 5.56 Å². The fourth-order valence-electron chi connectivity index (χ4n) is 2.58. The van der Waals surface area contributed by atoms with Crippen LogP contribution in [0.25, 0.3) is 22.6 Å². The van der Waals surface area contributed by atoms with E-state index in [1.165, 1.54) is 6.07 Å². The number of phenolic OH excluding ortho intramolecular Hbond substituents is 1. The Morgan fingerprint density at radius 3 is 2.54 bits per heavy atom. The number of benzene rings is 3. The largest absolute Gasteiger partial charge is 0.507 e. The molecule has 1 aromatic heterocycles. The highest BCUT2D eigenvalue weighted by Crippen LogP contribution is 2.33. The lowest BCUT2D eigenvalue weighted by Crippen LogP contribution is -2.11. The van der Waals surface area contributed by atoms with Gasteiger partial charge in [-0.2, -0.15) is 0 Å². The molecular formula is C20H13ClN2O3. The summed E-state index contributed by atoms with van der Waals surface area (Å²) in [6.07, 6.45) is 0. The van der Waals surface area contributed by atoms with Crippen LogP contribution in [0.5, 0.6) is 5.75 Å². The van der Waals surface area contributed by atoms with E-state index in [4.69, 9.17) is 16.0 Å². The summed E-state index contributed by atoms with van der Waals surface area (Å²) < 4.78 is 5.67. The zero-order valence-electron chi connectivity index (χ0n) is 13.4. The highest BCUT2D eigenvalue weighted by atomic mass is 35.5. The molecule has 5 nitrogen and oxygen atoms in total. The van der Waals surface area contributed by atoms with E-state index in [1.54, 1.807) is 36.4 Å². The molecule has 2 N–H and O–H groups in total. The number of rotatable bonds is 3. The van der Waals surface area contributed by atoms with Crippen LogP contribution in [-0.2, 0) is 0 Å². The number of para-hydroxylation sites is 2. The van der Waals surface area contributed by atoms with Crippen molar-refractivity contribution >= 4 is 34.3 Å². The third-order valence-corrected chi connectivity index (χ3v) is 4.14. The Hall–Kier alpha value is -3.31. The predicted octanol–water partition coefficient (Wildman–Crippen LogP) is 5.11. The van der Waals surface area contributed by atoms with Crippen molar-refractivity contribution in [2.45, 2.75) is 0 Å². The van der Waals surface area contributed by atoms with Crippen molar-refractivity contribution in [3.63, 3.8) is 0 Å². The number of aromatic hydroxyl groups is 1. The van der Waals surface area contributed by atoms with Crippen LogP contribution in [0.1, 0.15) is 10.4 Å². The summed E-state index contributed by atoms with van der Waals surface area (Å²) >= 11 is 5.82. The fourth-order valence-corrected chi connectivity index (χ4v) is 2.71. The number of phenols is 1. The molecule has 0 unspecified atom stereocenters. The maximum atomic E-state index is 12.2. The van der Waals surface area contributed by atoms with E-state index in [2.05, 4.69) is 10.3 Å². The molecule has 1 heterocycles. The molecule has 4 aromatic rings. The third-order valence-electron chi connectivity index (χ3n) is 3.89. The number of nitrogens with one attached hydrogen (secondary N) is 1. The lowest BCUT2D eigenvalue weighted by Gasteiger charge is -2.07. The zero-order chi connectivity index (χ0) is 18.1. The molecule has 1 amide bonds. The quantitative estimate of drug-likeness (QED) is 0.530. The first kappa shape index (κ1) is 16.2. The average Bonchev–Trinajstić information content (AvgIpc) is 3.06. The van der Waals surface area contributed by atoms with E-state index in [0.717, 1.165) is 0 Å². The molecule has 0 atom stereocenters. The highest BCUT2D eigenvalue weighted by Gasteiger charge is 2.14. The summed E-state index contributed by atoms with van der Waals surface area (Å²) in [5, 5.41) is 13.6. The summed E-state index contributed by atoms with van der Waals surface area (Å²) in [5.74, 6) is -0.0135. The molecule has 0 aliphatic carbocycles. The Morgan fingerprint density at radius 2 is 1.81 bits per heavy atom. The monoisotopic (exact) mass is 364 g/mol. The maximum absolute atomic E-state index is 12.2. The van der Waals surface area contributed by atoms with Crippen LogP contribution in [-0.4, -0.2) is 16.0 Å². The normalized spacial score (nSPS) is 10.8. The Balaban J connectivity index is 1.59. The van der Waals surface area contributed by atoms with Gasteiger partial charge in [0.1, 0.15) is 11.3 Å². The minimum absolute atomic E-state index is 0.0366. The van der Waals surface area contributed by atoms with E-state index >= 15 is 0 Å². The van der Waals surface area contributed by atoms with Crippen LogP contribution >= 0.6 is 11.6 Å². The Labute approximate surface area is 153 Å². The zero-order valence-corrected chi connectivity index (χ0v) is 14.2. The van der Waals surface area contributed by atoms with Crippen molar-refractivity contribution in [3.05, 3.63) is 77.3 Å². The Bertz CT molecular complexity index is 1070. The minimum atomic E-state index is -0.296. The lowest BCUT2D eigenvalue weighted by atomic mass is 10.1. The average molecular weight is 365 g/mol. The van der Waals surface area contributed by atoms with E-state index in [0.29, 0.717) is 38.8 Å². The molecule has 0 aliphatic heterocycles. The van der Waals surface area contributed by atoms with Gasteiger partial charge >= 0.3 is 0 Å². The van der Waals surface area contributed by atoms with Gasteiger partial charge in [-0.25, -0.2) is 4.98 Å². The van der Waals surface area contributed by atoms with Gasteiger partial charge in [0.2, 0.25) is 5.89 Å². The number of hydrogen-bond donors (Lipinski definition) is 2. The fraction of sp³-hybridized carbons (Fsp3) is 0. The van der Waals surface area contributed by atoms with Crippen LogP contribution in [0.4, 0.5) is 5.69 Å². The van der Waals surface area contributed by atoms with E-state index in [9.17, 15) is 9.90 Å². The number of nitrogens with zero attached hydrogens (tertiary/aromatic N) is 1. The lowest BCUT2D eigenvalue weighted by molar-refractivity contribution is 0.102. The number of carbonyl (C=O) groups is 1. The smallest absolute Gasteiger partial charge is 0.255 e. The number of anilines is 1. The van der Waals surface area contributed by atoms with E-state index in [-0.39, 0.29) is 11.7 Å². The van der Waals surface area contributed by atoms with Crippen LogP contribution in [0.15, 0.2) is 71.1 Å². The topological polar surface area (TPSA) is 75.4 Å². The Kier molecular flexibility index (Phi) is 4.07. The van der Waals surface area contributed by atoms with Crippen molar-refractivity contribution in [2.75, 3.05) is 5.32 Å². The van der Waals surface area contributed by atoms with Gasteiger partial charge in [-0.05, 0) is 48.5 Å². The molecule has 0 saturated heterocycles. The molecule has 0 saturated carbocycles. The van der Waals surface area contributed by atoms with Gasteiger partial charge in [0.25, 0.3) is 5.91 Å². The van der Waals surface area contributed by atoms with Crippen LogP contribution in [0.3, 0.4) is 0 Å². The number of amides is 1. The second-order valence-electron chi connectivity index (χ2n) is 5.68. The van der Waals surface area contributed by atoms with Crippen LogP contribution in [0.2, 0.25) is 5.02 Å². The minimum Gasteiger partial charge on any atom is -0.507 e. The van der Waals surface area contributed by atoms with Crippen molar-refractivity contribution in [1.82, 2.24) is 4.98 Å². The van der Waals surface area contributed by atoms with Gasteiger partial charge in [-0.3, -0.25) is 4.79 Å². The van der Waals surface area contributed by atoms with Crippen LogP contribution < -0.4 is 5.32 Å². The molecule has 128 valence electrons. The Morgan fingerprint density at radius 1 is 1.04 bits per heavy atom. The SMILES string of the molecule is O=C(Nc1ccc(-c2nc3ccccc3o2)c(O)c1)c1ccc(Cl)cc1. The molecule has 6 heteroatoms. The molecule has 0 spiro atoms. The van der Waals surface area contributed by atoms with Gasteiger partial charge < -0.3 is 14.8 Å². The molecule has 26 heavy (non-hydrogen) atoms. The van der Waals surface area contributed by atoms with Gasteiger partial charge in [-0.1, -0.05) is 23.7 Å². The van der Waals surface area contributed by atoms with E-state index in [1.807, 2.05) is 24.3 Å². The van der Waals surface area contributed by atoms with Crippen LogP contribution in [0, 0.1) is 0 Å². The first-order chi connectivity index (χ1) is 12.6. The molecule has 0 aliphatic rings. The molecule has 4 rings (SSSR count). The number of fused-ring (bicyclic) bond motifs is 1. The number of halogens is 1. The molecule has 0 fully saturated rings. The number of carbonyl (C=O) groups excluding carboxylic acids is 1. The summed E-state index contributed by atoms with van der Waals surface area (Å²) in [4.78, 5) is 16.6. The van der Waals surface area contributed by atoms with Crippen molar-refractivity contribution in [2.24, 2.45) is 0 Å². The van der Waals surface area contributed by atoms with Crippen molar-refractivity contribution < 1.29 is 14.3 Å². The number of oxazole rings is 1. The first-order valence-electron chi connectivity index (χ1n) is 7.86. The summed E-state index contributed by atoms with van der Waals surface area (Å²) in [7, 11) is 0. The summed E-state index contributed by atoms with van der Waals surface area (Å²) in [6.45, 7) is 0. The molecule has 3 aromatic carbocycles. The van der Waals surface area contributed by atoms with Gasteiger partial charge in [0, 0.05) is 22.3 Å². The second kappa shape index (κ2) is 6.54. The highest BCUT2D eigenvalue weighted by molar-refractivity contribution is 6.30. The molecular weight excluding hydrogens is 352 g/mol.